The van der Waals surface area contributed by atoms with Gasteiger partial charge in [0.25, 0.3) is 5.91 Å². The normalized spacial score (nSPS) is 14.1. The molecule has 21 heavy (non-hydrogen) atoms. The van der Waals surface area contributed by atoms with Gasteiger partial charge in [0.2, 0.25) is 0 Å². The molecule has 1 amide bonds. The molecular weight excluding hydrogens is 266 g/mol. The van der Waals surface area contributed by atoms with E-state index in [0.717, 1.165) is 25.9 Å². The lowest BCUT2D eigenvalue weighted by Crippen LogP contribution is -2.27. The number of benzene rings is 1. The lowest BCUT2D eigenvalue weighted by atomic mass is 10.1. The van der Waals surface area contributed by atoms with E-state index in [2.05, 4.69) is 5.10 Å². The van der Waals surface area contributed by atoms with Gasteiger partial charge in [-0.2, -0.15) is 10.4 Å². The van der Waals surface area contributed by atoms with Gasteiger partial charge in [0.15, 0.2) is 0 Å². The average Bonchev–Trinajstić information content (AvgIpc) is 3.16. The number of rotatable bonds is 2. The minimum Gasteiger partial charge on any atom is -0.382 e. The molecule has 1 aliphatic rings. The van der Waals surface area contributed by atoms with Gasteiger partial charge in [-0.1, -0.05) is 6.07 Å². The smallest absolute Gasteiger partial charge is 0.253 e. The summed E-state index contributed by atoms with van der Waals surface area (Å²) < 4.78 is 1.47. The first kappa shape index (κ1) is 13.2. The van der Waals surface area contributed by atoms with E-state index in [1.807, 2.05) is 17.0 Å². The van der Waals surface area contributed by atoms with Crippen molar-refractivity contribution in [3.63, 3.8) is 0 Å². The number of carbonyl (C=O) groups is 1. The predicted molar refractivity (Wildman–Crippen MR) is 77.8 cm³/mol. The molecule has 1 aliphatic heterocycles. The number of likely N-dealkylation sites (tertiary alicyclic amines) is 1. The van der Waals surface area contributed by atoms with Crippen LogP contribution >= 0.6 is 0 Å². The fraction of sp³-hybridized carbons (Fsp3) is 0.267. The van der Waals surface area contributed by atoms with E-state index in [1.54, 1.807) is 18.2 Å². The van der Waals surface area contributed by atoms with Crippen LogP contribution in [-0.2, 0) is 0 Å². The summed E-state index contributed by atoms with van der Waals surface area (Å²) in [5, 5.41) is 13.0. The van der Waals surface area contributed by atoms with Crippen molar-refractivity contribution in [2.45, 2.75) is 12.8 Å². The lowest BCUT2D eigenvalue weighted by Gasteiger charge is -2.15. The van der Waals surface area contributed by atoms with Crippen LogP contribution in [0.1, 0.15) is 28.8 Å². The Labute approximate surface area is 122 Å². The number of amides is 1. The molecule has 0 bridgehead atoms. The summed E-state index contributed by atoms with van der Waals surface area (Å²) in [6.45, 7) is 1.62. The van der Waals surface area contributed by atoms with Crippen molar-refractivity contribution in [1.82, 2.24) is 14.7 Å². The van der Waals surface area contributed by atoms with Crippen LogP contribution < -0.4 is 5.73 Å². The average molecular weight is 281 g/mol. The third kappa shape index (κ3) is 2.34. The number of nitrogens with two attached hydrogens (primary N) is 1. The first-order valence-electron chi connectivity index (χ1n) is 6.84. The molecule has 0 atom stereocenters. The third-order valence-electron chi connectivity index (χ3n) is 3.66. The van der Waals surface area contributed by atoms with E-state index >= 15 is 0 Å². The van der Waals surface area contributed by atoms with Gasteiger partial charge in [0, 0.05) is 18.7 Å². The van der Waals surface area contributed by atoms with E-state index in [1.165, 1.54) is 10.9 Å². The van der Waals surface area contributed by atoms with Crippen LogP contribution in [0.15, 0.2) is 30.5 Å². The quantitative estimate of drug-likeness (QED) is 0.904. The third-order valence-corrected chi connectivity index (χ3v) is 3.66. The second kappa shape index (κ2) is 5.29. The molecule has 6 heteroatoms. The first-order chi connectivity index (χ1) is 10.2. The molecule has 0 aliphatic carbocycles. The maximum Gasteiger partial charge on any atom is 0.253 e. The number of hydrogen-bond donors (Lipinski definition) is 1. The number of nitrogen functional groups attached to an aromatic ring is 1. The molecule has 6 nitrogen and oxygen atoms in total. The molecule has 0 saturated carbocycles. The summed E-state index contributed by atoms with van der Waals surface area (Å²) in [7, 11) is 0. The number of nitriles is 1. The standard InChI is InChI=1S/C15H15N5O/c16-9-12-10-18-20(14(12)17)13-5-3-4-11(8-13)15(21)19-6-1-2-7-19/h3-5,8,10H,1-2,6-7,17H2. The lowest BCUT2D eigenvalue weighted by molar-refractivity contribution is 0.0793. The zero-order valence-electron chi connectivity index (χ0n) is 11.5. The molecule has 3 rings (SSSR count). The van der Waals surface area contributed by atoms with Crippen LogP contribution in [0.25, 0.3) is 5.69 Å². The van der Waals surface area contributed by atoms with Crippen LogP contribution in [0.5, 0.6) is 0 Å². The van der Waals surface area contributed by atoms with Crippen molar-refractivity contribution in [1.29, 1.82) is 5.26 Å². The summed E-state index contributed by atoms with van der Waals surface area (Å²) in [5.74, 6) is 0.309. The van der Waals surface area contributed by atoms with Crippen molar-refractivity contribution in [2.24, 2.45) is 0 Å². The molecule has 106 valence electrons. The minimum atomic E-state index is 0.0283. The first-order valence-corrected chi connectivity index (χ1v) is 6.84. The minimum absolute atomic E-state index is 0.0283. The number of hydrogen-bond acceptors (Lipinski definition) is 4. The number of nitrogens with zero attached hydrogens (tertiary/aromatic N) is 4. The second-order valence-corrected chi connectivity index (χ2v) is 5.02. The Bertz CT molecular complexity index is 722. The van der Waals surface area contributed by atoms with Gasteiger partial charge >= 0.3 is 0 Å². The van der Waals surface area contributed by atoms with E-state index < -0.39 is 0 Å². The highest BCUT2D eigenvalue weighted by atomic mass is 16.2. The van der Waals surface area contributed by atoms with Crippen molar-refractivity contribution in [2.75, 3.05) is 18.8 Å². The van der Waals surface area contributed by atoms with Gasteiger partial charge in [0.1, 0.15) is 17.5 Å². The fourth-order valence-corrected chi connectivity index (χ4v) is 2.52. The van der Waals surface area contributed by atoms with Gasteiger partial charge in [0.05, 0.1) is 11.9 Å². The van der Waals surface area contributed by atoms with Crippen LogP contribution in [0.3, 0.4) is 0 Å². The Hall–Kier alpha value is -2.81. The van der Waals surface area contributed by atoms with Gasteiger partial charge in [-0.3, -0.25) is 4.79 Å². The van der Waals surface area contributed by atoms with Crippen molar-refractivity contribution >= 4 is 11.7 Å². The van der Waals surface area contributed by atoms with E-state index in [-0.39, 0.29) is 11.7 Å². The summed E-state index contributed by atoms with van der Waals surface area (Å²) >= 11 is 0. The molecule has 1 saturated heterocycles. The maximum absolute atomic E-state index is 12.4. The molecule has 0 spiro atoms. The van der Waals surface area contributed by atoms with Crippen LogP contribution in [0.2, 0.25) is 0 Å². The maximum atomic E-state index is 12.4. The highest BCUT2D eigenvalue weighted by molar-refractivity contribution is 5.95. The van der Waals surface area contributed by atoms with Crippen LogP contribution in [0.4, 0.5) is 5.82 Å². The van der Waals surface area contributed by atoms with Gasteiger partial charge in [-0.25, -0.2) is 4.68 Å². The largest absolute Gasteiger partial charge is 0.382 e. The van der Waals surface area contributed by atoms with E-state index in [0.29, 0.717) is 16.8 Å². The highest BCUT2D eigenvalue weighted by Gasteiger charge is 2.20. The predicted octanol–water partition coefficient (Wildman–Crippen LogP) is 1.56. The number of carbonyl (C=O) groups excluding carboxylic acids is 1. The highest BCUT2D eigenvalue weighted by Crippen LogP contribution is 2.19. The Morgan fingerprint density at radius 1 is 1.33 bits per heavy atom. The zero-order chi connectivity index (χ0) is 14.8. The topological polar surface area (TPSA) is 87.9 Å². The van der Waals surface area contributed by atoms with Crippen LogP contribution in [0, 0.1) is 11.3 Å². The van der Waals surface area contributed by atoms with E-state index in [4.69, 9.17) is 11.0 Å². The number of aromatic nitrogens is 2. The molecule has 1 aromatic heterocycles. The zero-order valence-corrected chi connectivity index (χ0v) is 11.5. The molecule has 1 fully saturated rings. The Morgan fingerprint density at radius 2 is 2.10 bits per heavy atom. The molecule has 2 N–H and O–H groups in total. The number of anilines is 1. The Kier molecular flexibility index (Phi) is 3.32. The molecule has 0 radical (unpaired) electrons. The molecule has 2 aromatic rings. The summed E-state index contributed by atoms with van der Waals surface area (Å²) in [4.78, 5) is 14.2. The fourth-order valence-electron chi connectivity index (χ4n) is 2.52. The van der Waals surface area contributed by atoms with Crippen molar-refractivity contribution in [3.05, 3.63) is 41.6 Å². The molecule has 1 aromatic carbocycles. The van der Waals surface area contributed by atoms with Crippen molar-refractivity contribution in [3.8, 4) is 11.8 Å². The second-order valence-electron chi connectivity index (χ2n) is 5.02. The Morgan fingerprint density at radius 3 is 2.76 bits per heavy atom. The SMILES string of the molecule is N#Cc1cnn(-c2cccc(C(=O)N3CCCC3)c2)c1N. The monoisotopic (exact) mass is 281 g/mol. The van der Waals surface area contributed by atoms with Gasteiger partial charge < -0.3 is 10.6 Å². The summed E-state index contributed by atoms with van der Waals surface area (Å²) in [6.07, 6.45) is 3.54. The Balaban J connectivity index is 1.94. The van der Waals surface area contributed by atoms with Crippen LogP contribution in [-0.4, -0.2) is 33.7 Å². The molecular formula is C15H15N5O. The van der Waals surface area contributed by atoms with E-state index in [9.17, 15) is 4.79 Å². The van der Waals surface area contributed by atoms with Gasteiger partial charge in [-0.15, -0.1) is 0 Å². The molecule has 0 unspecified atom stereocenters. The summed E-state index contributed by atoms with van der Waals surface area (Å²) in [5.41, 5.74) is 7.50. The summed E-state index contributed by atoms with van der Waals surface area (Å²) in [6, 6.07) is 9.13. The van der Waals surface area contributed by atoms with Gasteiger partial charge in [-0.05, 0) is 31.0 Å². The van der Waals surface area contributed by atoms with Crippen molar-refractivity contribution < 1.29 is 4.79 Å². The molecule has 2 heterocycles.